The number of H-pyrrole nitrogens is 2. The van der Waals surface area contributed by atoms with Gasteiger partial charge in [-0.1, -0.05) is 0 Å². The van der Waals surface area contributed by atoms with Crippen molar-refractivity contribution in [1.29, 1.82) is 0 Å². The van der Waals surface area contributed by atoms with Crippen LogP contribution in [0.2, 0.25) is 0 Å². The van der Waals surface area contributed by atoms with Gasteiger partial charge in [-0.25, -0.2) is 4.98 Å². The molecule has 0 spiro atoms. The standard InChI is InChI=1S/C18H16ClN5O/c19-8-18(25)22-12-2-4-14-13(7-12)10(9-21-14)5-17-23-15-3-1-11(20)6-16(15)24-17/h1-4,6-7,9,21H,5,8,20H2,(H,22,25)(H,23,24). The van der Waals surface area contributed by atoms with E-state index < -0.39 is 0 Å². The van der Waals surface area contributed by atoms with E-state index in [4.69, 9.17) is 17.3 Å². The number of anilines is 2. The van der Waals surface area contributed by atoms with Crippen LogP contribution in [0.1, 0.15) is 11.4 Å². The monoisotopic (exact) mass is 353 g/mol. The second-order valence-corrected chi connectivity index (χ2v) is 6.16. The van der Waals surface area contributed by atoms with E-state index in [9.17, 15) is 4.79 Å². The van der Waals surface area contributed by atoms with Crippen LogP contribution in [0.25, 0.3) is 21.9 Å². The van der Waals surface area contributed by atoms with Crippen molar-refractivity contribution in [2.45, 2.75) is 6.42 Å². The van der Waals surface area contributed by atoms with Crippen molar-refractivity contribution < 1.29 is 4.79 Å². The lowest BCUT2D eigenvalue weighted by Crippen LogP contribution is -2.12. The highest BCUT2D eigenvalue weighted by Crippen LogP contribution is 2.25. The number of nitrogen functional groups attached to an aromatic ring is 1. The Morgan fingerprint density at radius 1 is 1.20 bits per heavy atom. The summed E-state index contributed by atoms with van der Waals surface area (Å²) in [7, 11) is 0. The van der Waals surface area contributed by atoms with Gasteiger partial charge in [-0.15, -0.1) is 11.6 Å². The number of hydrogen-bond donors (Lipinski definition) is 4. The first kappa shape index (κ1) is 15.5. The summed E-state index contributed by atoms with van der Waals surface area (Å²) < 4.78 is 0. The number of aromatic nitrogens is 3. The van der Waals surface area contributed by atoms with Gasteiger partial charge in [0.05, 0.1) is 11.0 Å². The highest BCUT2D eigenvalue weighted by atomic mass is 35.5. The van der Waals surface area contributed by atoms with Gasteiger partial charge < -0.3 is 21.0 Å². The summed E-state index contributed by atoms with van der Waals surface area (Å²) in [5.41, 5.74) is 11.1. The molecule has 4 aromatic rings. The van der Waals surface area contributed by atoms with Crippen LogP contribution < -0.4 is 11.1 Å². The van der Waals surface area contributed by atoms with Gasteiger partial charge in [-0.05, 0) is 42.0 Å². The van der Waals surface area contributed by atoms with E-state index >= 15 is 0 Å². The van der Waals surface area contributed by atoms with Gasteiger partial charge in [0.15, 0.2) is 0 Å². The fraction of sp³-hybridized carbons (Fsp3) is 0.111. The van der Waals surface area contributed by atoms with Gasteiger partial charge in [0.25, 0.3) is 0 Å². The molecule has 0 bridgehead atoms. The molecule has 2 aromatic carbocycles. The minimum atomic E-state index is -0.229. The van der Waals surface area contributed by atoms with E-state index in [1.54, 1.807) is 0 Å². The fourth-order valence-electron chi connectivity index (χ4n) is 2.94. The average molecular weight is 354 g/mol. The number of carbonyl (C=O) groups excluding carboxylic acids is 1. The predicted molar refractivity (Wildman–Crippen MR) is 101 cm³/mol. The first-order chi connectivity index (χ1) is 12.1. The highest BCUT2D eigenvalue weighted by Gasteiger charge is 2.10. The van der Waals surface area contributed by atoms with E-state index in [1.165, 1.54) is 0 Å². The van der Waals surface area contributed by atoms with E-state index in [0.717, 1.165) is 39.0 Å². The van der Waals surface area contributed by atoms with Crippen LogP contribution in [0.5, 0.6) is 0 Å². The molecule has 1 amide bonds. The summed E-state index contributed by atoms with van der Waals surface area (Å²) in [6.07, 6.45) is 2.60. The Bertz CT molecular complexity index is 1080. The summed E-state index contributed by atoms with van der Waals surface area (Å²) in [5, 5.41) is 3.80. The first-order valence-corrected chi connectivity index (χ1v) is 8.36. The van der Waals surface area contributed by atoms with Crippen LogP contribution in [0.4, 0.5) is 11.4 Å². The molecule has 6 nitrogen and oxygen atoms in total. The van der Waals surface area contributed by atoms with Gasteiger partial charge in [-0.2, -0.15) is 0 Å². The van der Waals surface area contributed by atoms with Crippen LogP contribution in [0.15, 0.2) is 42.6 Å². The number of alkyl halides is 1. The van der Waals surface area contributed by atoms with E-state index in [2.05, 4.69) is 20.3 Å². The Morgan fingerprint density at radius 3 is 2.88 bits per heavy atom. The zero-order valence-corrected chi connectivity index (χ0v) is 14.0. The van der Waals surface area contributed by atoms with Gasteiger partial charge >= 0.3 is 0 Å². The molecule has 5 N–H and O–H groups in total. The van der Waals surface area contributed by atoms with E-state index in [1.807, 2.05) is 42.6 Å². The summed E-state index contributed by atoms with van der Waals surface area (Å²) >= 11 is 5.55. The number of nitrogens with one attached hydrogen (secondary N) is 3. The van der Waals surface area contributed by atoms with Crippen molar-refractivity contribution in [2.75, 3.05) is 16.9 Å². The molecule has 0 unspecified atom stereocenters. The maximum Gasteiger partial charge on any atom is 0.239 e. The summed E-state index contributed by atoms with van der Waals surface area (Å²) in [5.74, 6) is 0.560. The van der Waals surface area contributed by atoms with Gasteiger partial charge in [0.1, 0.15) is 11.7 Å². The minimum Gasteiger partial charge on any atom is -0.399 e. The lowest BCUT2D eigenvalue weighted by atomic mass is 10.1. The summed E-state index contributed by atoms with van der Waals surface area (Å²) in [6.45, 7) is 0. The average Bonchev–Trinajstić information content (AvgIpc) is 3.18. The maximum absolute atomic E-state index is 11.5. The minimum absolute atomic E-state index is 0.0693. The molecule has 2 aromatic heterocycles. The third-order valence-corrected chi connectivity index (χ3v) is 4.33. The highest BCUT2D eigenvalue weighted by molar-refractivity contribution is 6.29. The van der Waals surface area contributed by atoms with Crippen molar-refractivity contribution >= 4 is 50.8 Å². The number of nitrogens with zero attached hydrogens (tertiary/aromatic N) is 1. The normalized spacial score (nSPS) is 11.2. The summed E-state index contributed by atoms with van der Waals surface area (Å²) in [4.78, 5) is 22.6. The quantitative estimate of drug-likeness (QED) is 0.334. The van der Waals surface area contributed by atoms with Crippen molar-refractivity contribution in [2.24, 2.45) is 0 Å². The molecule has 0 aliphatic heterocycles. The molecule has 0 aliphatic rings. The third kappa shape index (κ3) is 3.04. The lowest BCUT2D eigenvalue weighted by molar-refractivity contribution is -0.113. The molecule has 0 radical (unpaired) electrons. The van der Waals surface area contributed by atoms with Crippen molar-refractivity contribution in [3.05, 3.63) is 54.0 Å². The number of benzene rings is 2. The molecular weight excluding hydrogens is 338 g/mol. The SMILES string of the molecule is Nc1ccc2[nH]c(Cc3c[nH]c4ccc(NC(=O)CCl)cc34)nc2c1. The van der Waals surface area contributed by atoms with Gasteiger partial charge in [0, 0.05) is 34.9 Å². The Labute approximate surface area is 148 Å². The smallest absolute Gasteiger partial charge is 0.239 e. The molecule has 0 saturated carbocycles. The predicted octanol–water partition coefficient (Wildman–Crippen LogP) is 3.39. The Balaban J connectivity index is 1.67. The molecule has 126 valence electrons. The number of fused-ring (bicyclic) bond motifs is 2. The molecule has 0 aliphatic carbocycles. The number of imidazole rings is 1. The lowest BCUT2D eigenvalue weighted by Gasteiger charge is -2.04. The van der Waals surface area contributed by atoms with Crippen molar-refractivity contribution in [3.63, 3.8) is 0 Å². The van der Waals surface area contributed by atoms with Crippen molar-refractivity contribution in [3.8, 4) is 0 Å². The number of amides is 1. The van der Waals surface area contributed by atoms with Crippen LogP contribution in [-0.2, 0) is 11.2 Å². The first-order valence-electron chi connectivity index (χ1n) is 7.82. The number of halogens is 1. The molecular formula is C18H16ClN5O. The summed E-state index contributed by atoms with van der Waals surface area (Å²) in [6, 6.07) is 11.3. The molecule has 0 saturated heterocycles. The number of nitrogens with two attached hydrogens (primary N) is 1. The number of hydrogen-bond acceptors (Lipinski definition) is 3. The Hall–Kier alpha value is -2.99. The Kier molecular flexibility index (Phi) is 3.82. The van der Waals surface area contributed by atoms with Gasteiger partial charge in [0.2, 0.25) is 5.91 Å². The maximum atomic E-state index is 11.5. The number of carbonyl (C=O) groups is 1. The number of rotatable bonds is 4. The van der Waals surface area contributed by atoms with E-state index in [0.29, 0.717) is 12.1 Å². The van der Waals surface area contributed by atoms with E-state index in [-0.39, 0.29) is 11.8 Å². The van der Waals surface area contributed by atoms with Crippen LogP contribution in [0, 0.1) is 0 Å². The third-order valence-electron chi connectivity index (χ3n) is 4.09. The molecule has 7 heteroatoms. The Morgan fingerprint density at radius 2 is 2.04 bits per heavy atom. The second-order valence-electron chi connectivity index (χ2n) is 5.89. The number of aromatic amines is 2. The molecule has 0 atom stereocenters. The van der Waals surface area contributed by atoms with Crippen molar-refractivity contribution in [1.82, 2.24) is 15.0 Å². The fourth-order valence-corrected chi connectivity index (χ4v) is 3.00. The molecule has 4 rings (SSSR count). The van der Waals surface area contributed by atoms with Gasteiger partial charge in [-0.3, -0.25) is 4.79 Å². The second kappa shape index (κ2) is 6.14. The van der Waals surface area contributed by atoms with Crippen LogP contribution >= 0.6 is 11.6 Å². The zero-order valence-electron chi connectivity index (χ0n) is 13.3. The molecule has 2 heterocycles. The van der Waals surface area contributed by atoms with Crippen LogP contribution in [0.3, 0.4) is 0 Å². The molecule has 25 heavy (non-hydrogen) atoms. The van der Waals surface area contributed by atoms with Crippen LogP contribution in [-0.4, -0.2) is 26.7 Å². The largest absolute Gasteiger partial charge is 0.399 e. The molecule has 0 fully saturated rings. The zero-order chi connectivity index (χ0) is 17.4. The topological polar surface area (TPSA) is 99.6 Å².